The van der Waals surface area contributed by atoms with Crippen molar-refractivity contribution in [3.8, 4) is 0 Å². The maximum Gasteiger partial charge on any atom is 0.298 e. The number of piperazine rings is 1. The Bertz CT molecular complexity index is 1020. The van der Waals surface area contributed by atoms with Gasteiger partial charge in [-0.1, -0.05) is 18.2 Å². The lowest BCUT2D eigenvalue weighted by Crippen LogP contribution is -2.52. The number of nitrogens with zero attached hydrogens (tertiary/aromatic N) is 5. The molecule has 8 heteroatoms. The van der Waals surface area contributed by atoms with E-state index in [-0.39, 0.29) is 17.9 Å². The first-order valence-electron chi connectivity index (χ1n) is 11.9. The molecule has 4 heterocycles. The van der Waals surface area contributed by atoms with Crippen LogP contribution in [-0.2, 0) is 4.79 Å². The Hall–Kier alpha value is -3.13. The molecule has 0 radical (unpaired) electrons. The number of nitrogens with one attached hydrogen (secondary N) is 1. The molecule has 2 aliphatic heterocycles. The number of pyridine rings is 1. The van der Waals surface area contributed by atoms with Crippen LogP contribution in [0.15, 0.2) is 53.1 Å². The molecule has 1 aromatic carbocycles. The van der Waals surface area contributed by atoms with E-state index in [0.717, 1.165) is 75.6 Å². The first-order chi connectivity index (χ1) is 16.2. The van der Waals surface area contributed by atoms with E-state index in [0.29, 0.717) is 6.01 Å². The van der Waals surface area contributed by atoms with Crippen LogP contribution in [0.5, 0.6) is 0 Å². The number of benzene rings is 1. The number of fused-ring (bicyclic) bond motifs is 1. The van der Waals surface area contributed by atoms with Crippen molar-refractivity contribution in [1.29, 1.82) is 0 Å². The van der Waals surface area contributed by atoms with E-state index in [9.17, 15) is 4.79 Å². The summed E-state index contributed by atoms with van der Waals surface area (Å²) in [5.74, 6) is 1.27. The van der Waals surface area contributed by atoms with Crippen LogP contribution in [0.1, 0.15) is 19.8 Å². The Morgan fingerprint density at radius 3 is 2.52 bits per heavy atom. The Kier molecular flexibility index (Phi) is 6.44. The van der Waals surface area contributed by atoms with Crippen LogP contribution >= 0.6 is 0 Å². The fourth-order valence-corrected chi connectivity index (χ4v) is 4.82. The molecule has 0 saturated carbocycles. The van der Waals surface area contributed by atoms with Crippen LogP contribution in [0.25, 0.3) is 11.1 Å². The second-order valence-corrected chi connectivity index (χ2v) is 9.11. The summed E-state index contributed by atoms with van der Waals surface area (Å²) >= 11 is 0. The third-order valence-electron chi connectivity index (χ3n) is 6.69. The minimum Gasteiger partial charge on any atom is -0.423 e. The molecule has 33 heavy (non-hydrogen) atoms. The number of para-hydroxylation sites is 2. The van der Waals surface area contributed by atoms with E-state index in [1.165, 1.54) is 0 Å². The summed E-state index contributed by atoms with van der Waals surface area (Å²) in [4.78, 5) is 28.8. The minimum absolute atomic E-state index is 0.0501. The second kappa shape index (κ2) is 9.79. The van der Waals surface area contributed by atoms with Gasteiger partial charge in [0.15, 0.2) is 5.58 Å². The molecule has 1 atom stereocenters. The number of hydrogen-bond donors (Lipinski definition) is 1. The Balaban J connectivity index is 1.05. The van der Waals surface area contributed by atoms with Crippen molar-refractivity contribution in [2.75, 3.05) is 55.6 Å². The molecule has 5 rings (SSSR count). The van der Waals surface area contributed by atoms with Crippen molar-refractivity contribution in [3.05, 3.63) is 48.7 Å². The molecule has 3 aromatic rings. The molecule has 8 nitrogen and oxygen atoms in total. The van der Waals surface area contributed by atoms with Crippen LogP contribution < -0.4 is 15.1 Å². The van der Waals surface area contributed by atoms with Gasteiger partial charge in [-0.3, -0.25) is 9.69 Å². The third-order valence-corrected chi connectivity index (χ3v) is 6.69. The highest BCUT2D eigenvalue weighted by molar-refractivity contribution is 5.79. The molecule has 0 spiro atoms. The van der Waals surface area contributed by atoms with E-state index in [1.54, 1.807) is 0 Å². The van der Waals surface area contributed by atoms with Gasteiger partial charge in [-0.15, -0.1) is 0 Å². The maximum atomic E-state index is 12.9. The molecule has 0 bridgehead atoms. The predicted octanol–water partition coefficient (Wildman–Crippen LogP) is 2.77. The van der Waals surface area contributed by atoms with Crippen molar-refractivity contribution >= 4 is 28.8 Å². The fraction of sp³-hybridized carbons (Fsp3) is 0.480. The molecule has 2 fully saturated rings. The number of aromatic nitrogens is 2. The number of oxazole rings is 1. The van der Waals surface area contributed by atoms with Crippen molar-refractivity contribution < 1.29 is 9.21 Å². The largest absolute Gasteiger partial charge is 0.423 e. The molecule has 1 N–H and O–H groups in total. The summed E-state index contributed by atoms with van der Waals surface area (Å²) in [6.45, 7) is 8.46. The fourth-order valence-electron chi connectivity index (χ4n) is 4.82. The van der Waals surface area contributed by atoms with E-state index >= 15 is 0 Å². The molecule has 0 aliphatic carbocycles. The van der Waals surface area contributed by atoms with Crippen LogP contribution in [0.3, 0.4) is 0 Å². The summed E-state index contributed by atoms with van der Waals surface area (Å²) in [5, 5.41) is 3.25. The Morgan fingerprint density at radius 1 is 1.03 bits per heavy atom. The van der Waals surface area contributed by atoms with Crippen LogP contribution in [0, 0.1) is 5.92 Å². The lowest BCUT2D eigenvalue weighted by molar-refractivity contribution is -0.126. The van der Waals surface area contributed by atoms with Crippen LogP contribution in [-0.4, -0.2) is 72.6 Å². The van der Waals surface area contributed by atoms with E-state index in [1.807, 2.05) is 42.6 Å². The Morgan fingerprint density at radius 2 is 1.79 bits per heavy atom. The maximum absolute atomic E-state index is 12.9. The minimum atomic E-state index is 0.0501. The molecule has 1 unspecified atom stereocenters. The molecule has 2 aromatic heterocycles. The van der Waals surface area contributed by atoms with Gasteiger partial charge in [0, 0.05) is 64.0 Å². The number of amides is 1. The highest BCUT2D eigenvalue weighted by Gasteiger charge is 2.28. The normalized spacial score (nSPS) is 19.1. The number of rotatable bonds is 6. The number of carbonyl (C=O) groups excluding carboxylic acids is 1. The zero-order chi connectivity index (χ0) is 22.6. The van der Waals surface area contributed by atoms with Gasteiger partial charge < -0.3 is 19.5 Å². The number of piperidine rings is 1. The van der Waals surface area contributed by atoms with Gasteiger partial charge in [0.2, 0.25) is 5.91 Å². The van der Waals surface area contributed by atoms with Crippen LogP contribution in [0.2, 0.25) is 0 Å². The van der Waals surface area contributed by atoms with Gasteiger partial charge in [0.1, 0.15) is 11.3 Å². The molecule has 174 valence electrons. The third kappa shape index (κ3) is 5.11. The standard InChI is InChI=1S/C25H32N6O2/c1-19(18-29-14-16-30(17-15-29)23-8-4-5-11-26-23)27-24(32)20-9-12-31(13-10-20)25-28-21-6-2-3-7-22(21)33-25/h2-8,11,19-20H,9-10,12-18H2,1H3,(H,27,32). The summed E-state index contributed by atoms with van der Waals surface area (Å²) in [7, 11) is 0. The average Bonchev–Trinajstić information content (AvgIpc) is 3.29. The zero-order valence-electron chi connectivity index (χ0n) is 19.2. The van der Waals surface area contributed by atoms with E-state index in [2.05, 4.69) is 43.0 Å². The topological polar surface area (TPSA) is 77.7 Å². The highest BCUT2D eigenvalue weighted by atomic mass is 16.4. The van der Waals surface area contributed by atoms with Crippen molar-refractivity contribution in [3.63, 3.8) is 0 Å². The molecule has 2 aliphatic rings. The van der Waals surface area contributed by atoms with Crippen molar-refractivity contribution in [2.24, 2.45) is 5.92 Å². The van der Waals surface area contributed by atoms with E-state index in [4.69, 9.17) is 4.42 Å². The predicted molar refractivity (Wildman–Crippen MR) is 129 cm³/mol. The van der Waals surface area contributed by atoms with Gasteiger partial charge in [-0.2, -0.15) is 4.98 Å². The number of hydrogen-bond acceptors (Lipinski definition) is 7. The molecule has 1 amide bonds. The summed E-state index contributed by atoms with van der Waals surface area (Å²) < 4.78 is 5.89. The highest BCUT2D eigenvalue weighted by Crippen LogP contribution is 2.26. The lowest BCUT2D eigenvalue weighted by Gasteiger charge is -2.37. The second-order valence-electron chi connectivity index (χ2n) is 9.11. The lowest BCUT2D eigenvalue weighted by atomic mass is 9.96. The first kappa shape index (κ1) is 21.7. The van der Waals surface area contributed by atoms with Gasteiger partial charge in [0.25, 0.3) is 6.01 Å². The van der Waals surface area contributed by atoms with Crippen molar-refractivity contribution in [2.45, 2.75) is 25.8 Å². The monoisotopic (exact) mass is 448 g/mol. The Labute approximate surface area is 194 Å². The molecule has 2 saturated heterocycles. The SMILES string of the molecule is CC(CN1CCN(c2ccccn2)CC1)NC(=O)C1CCN(c2nc3ccccc3o2)CC1. The van der Waals surface area contributed by atoms with Crippen molar-refractivity contribution in [1.82, 2.24) is 20.2 Å². The molecular weight excluding hydrogens is 416 g/mol. The van der Waals surface area contributed by atoms with E-state index < -0.39 is 0 Å². The smallest absolute Gasteiger partial charge is 0.298 e. The molecular formula is C25H32N6O2. The van der Waals surface area contributed by atoms with Gasteiger partial charge in [-0.05, 0) is 44.0 Å². The summed E-state index contributed by atoms with van der Waals surface area (Å²) in [6, 6.07) is 14.7. The van der Waals surface area contributed by atoms with Gasteiger partial charge in [0.05, 0.1) is 0 Å². The van der Waals surface area contributed by atoms with Crippen LogP contribution in [0.4, 0.5) is 11.8 Å². The first-order valence-corrected chi connectivity index (χ1v) is 11.9. The van der Waals surface area contributed by atoms with Gasteiger partial charge in [-0.25, -0.2) is 4.98 Å². The summed E-state index contributed by atoms with van der Waals surface area (Å²) in [5.41, 5.74) is 1.68. The average molecular weight is 449 g/mol. The zero-order valence-corrected chi connectivity index (χ0v) is 19.2. The van der Waals surface area contributed by atoms with Gasteiger partial charge >= 0.3 is 0 Å². The number of carbonyl (C=O) groups is 1. The summed E-state index contributed by atoms with van der Waals surface area (Å²) in [6.07, 6.45) is 3.48. The quantitative estimate of drug-likeness (QED) is 0.621. The number of anilines is 2.